The van der Waals surface area contributed by atoms with Gasteiger partial charge in [-0.2, -0.15) is 0 Å². The van der Waals surface area contributed by atoms with Gasteiger partial charge in [0, 0.05) is 13.3 Å². The van der Waals surface area contributed by atoms with E-state index in [-0.39, 0.29) is 5.97 Å². The molecule has 0 bridgehead atoms. The molecule has 1 fully saturated rings. The van der Waals surface area contributed by atoms with Gasteiger partial charge in [0.15, 0.2) is 6.10 Å². The van der Waals surface area contributed by atoms with E-state index < -0.39 is 11.9 Å². The van der Waals surface area contributed by atoms with E-state index >= 15 is 0 Å². The Hall–Kier alpha value is -1.35. The zero-order valence-electron chi connectivity index (χ0n) is 10.3. The Bertz CT molecular complexity index is 388. The van der Waals surface area contributed by atoms with Crippen molar-refractivity contribution in [2.45, 2.75) is 45.0 Å². The zero-order valence-corrected chi connectivity index (χ0v) is 10.3. The minimum absolute atomic E-state index is 0.283. The first-order valence-electron chi connectivity index (χ1n) is 6.10. The number of rotatable bonds is 4. The lowest BCUT2D eigenvalue weighted by Gasteiger charge is -2.21. The van der Waals surface area contributed by atoms with Crippen LogP contribution in [0, 0.1) is 0 Å². The number of carbonyl (C=O) groups is 1. The molecule has 1 aromatic carbocycles. The third kappa shape index (κ3) is 2.67. The highest BCUT2D eigenvalue weighted by Gasteiger charge is 2.44. The molecule has 3 heteroatoms. The number of esters is 1. The molecule has 2 atom stereocenters. The lowest BCUT2D eigenvalue weighted by atomic mass is 10.1. The molecule has 0 amide bonds. The van der Waals surface area contributed by atoms with Crippen LogP contribution in [0.15, 0.2) is 30.3 Å². The van der Waals surface area contributed by atoms with E-state index in [1.807, 2.05) is 37.3 Å². The van der Waals surface area contributed by atoms with Crippen LogP contribution in [0.25, 0.3) is 0 Å². The average molecular weight is 234 g/mol. The first-order valence-corrected chi connectivity index (χ1v) is 6.10. The summed E-state index contributed by atoms with van der Waals surface area (Å²) in [7, 11) is 0. The van der Waals surface area contributed by atoms with Crippen molar-refractivity contribution in [2.24, 2.45) is 0 Å². The van der Waals surface area contributed by atoms with Crippen LogP contribution >= 0.6 is 0 Å². The summed E-state index contributed by atoms with van der Waals surface area (Å²) in [6, 6.07) is 9.48. The molecule has 0 saturated carbocycles. The quantitative estimate of drug-likeness (QED) is 0.750. The van der Waals surface area contributed by atoms with Crippen molar-refractivity contribution in [1.29, 1.82) is 0 Å². The van der Waals surface area contributed by atoms with Crippen molar-refractivity contribution in [1.82, 2.24) is 0 Å². The SMILES string of the molecule is CCCC[C@@]1(C)OC(=O)[C@@H](c2ccccc2)O1. The maximum atomic E-state index is 11.8. The monoisotopic (exact) mass is 234 g/mol. The minimum atomic E-state index is -0.756. The topological polar surface area (TPSA) is 35.5 Å². The number of ether oxygens (including phenoxy) is 2. The Morgan fingerprint density at radius 1 is 1.29 bits per heavy atom. The van der Waals surface area contributed by atoms with Gasteiger partial charge in [-0.1, -0.05) is 43.7 Å². The van der Waals surface area contributed by atoms with Crippen LogP contribution < -0.4 is 0 Å². The maximum Gasteiger partial charge on any atom is 0.342 e. The first-order chi connectivity index (χ1) is 8.14. The first kappa shape index (κ1) is 12.1. The van der Waals surface area contributed by atoms with E-state index in [0.29, 0.717) is 0 Å². The van der Waals surface area contributed by atoms with Crippen molar-refractivity contribution in [3.05, 3.63) is 35.9 Å². The highest BCUT2D eigenvalue weighted by molar-refractivity contribution is 5.78. The number of benzene rings is 1. The van der Waals surface area contributed by atoms with Crippen molar-refractivity contribution < 1.29 is 14.3 Å². The van der Waals surface area contributed by atoms with Crippen molar-refractivity contribution in [3.63, 3.8) is 0 Å². The molecule has 1 aliphatic heterocycles. The standard InChI is InChI=1S/C14H18O3/c1-3-4-10-14(2)16-12(13(15)17-14)11-8-6-5-7-9-11/h5-9,12H,3-4,10H2,1-2H3/t12-,14-/m1/s1. The molecular weight excluding hydrogens is 216 g/mol. The van der Waals surface area contributed by atoms with Crippen LogP contribution in [0.5, 0.6) is 0 Å². The molecule has 1 aliphatic rings. The van der Waals surface area contributed by atoms with Crippen LogP contribution in [0.2, 0.25) is 0 Å². The molecule has 0 aromatic heterocycles. The predicted molar refractivity (Wildman–Crippen MR) is 64.3 cm³/mol. The van der Waals surface area contributed by atoms with E-state index in [2.05, 4.69) is 6.92 Å². The smallest absolute Gasteiger partial charge is 0.342 e. The molecule has 0 aliphatic carbocycles. The Balaban J connectivity index is 2.10. The van der Waals surface area contributed by atoms with Gasteiger partial charge in [-0.15, -0.1) is 0 Å². The van der Waals surface area contributed by atoms with E-state index in [0.717, 1.165) is 24.8 Å². The van der Waals surface area contributed by atoms with Crippen LogP contribution in [0.1, 0.15) is 44.8 Å². The molecule has 0 radical (unpaired) electrons. The molecule has 1 heterocycles. The Labute approximate surface area is 102 Å². The molecule has 0 unspecified atom stereocenters. The van der Waals surface area contributed by atoms with Gasteiger partial charge >= 0.3 is 5.97 Å². The fourth-order valence-electron chi connectivity index (χ4n) is 2.03. The highest BCUT2D eigenvalue weighted by atomic mass is 16.8. The number of carbonyl (C=O) groups excluding carboxylic acids is 1. The molecule has 0 N–H and O–H groups in total. The number of hydrogen-bond donors (Lipinski definition) is 0. The molecule has 2 rings (SSSR count). The minimum Gasteiger partial charge on any atom is -0.431 e. The van der Waals surface area contributed by atoms with E-state index in [1.165, 1.54) is 0 Å². The van der Waals surface area contributed by atoms with E-state index in [9.17, 15) is 4.79 Å². The number of cyclic esters (lactones) is 1. The summed E-state index contributed by atoms with van der Waals surface area (Å²) in [5, 5.41) is 0. The van der Waals surface area contributed by atoms with Gasteiger partial charge in [0.25, 0.3) is 0 Å². The molecule has 92 valence electrons. The second-order valence-corrected chi connectivity index (χ2v) is 4.57. The molecule has 17 heavy (non-hydrogen) atoms. The molecule has 1 saturated heterocycles. The van der Waals surface area contributed by atoms with Gasteiger partial charge in [-0.3, -0.25) is 0 Å². The lowest BCUT2D eigenvalue weighted by molar-refractivity contribution is -0.172. The molecule has 1 aromatic rings. The van der Waals surface area contributed by atoms with E-state index in [1.54, 1.807) is 0 Å². The number of unbranched alkanes of at least 4 members (excludes halogenated alkanes) is 1. The van der Waals surface area contributed by atoms with Gasteiger partial charge in [-0.05, 0) is 12.0 Å². The zero-order chi connectivity index (χ0) is 12.3. The molecule has 0 spiro atoms. The van der Waals surface area contributed by atoms with Gasteiger partial charge < -0.3 is 9.47 Å². The second-order valence-electron chi connectivity index (χ2n) is 4.57. The largest absolute Gasteiger partial charge is 0.431 e. The maximum absolute atomic E-state index is 11.8. The van der Waals surface area contributed by atoms with Crippen molar-refractivity contribution >= 4 is 5.97 Å². The lowest BCUT2D eigenvalue weighted by Crippen LogP contribution is -2.25. The summed E-state index contributed by atoms with van der Waals surface area (Å²) in [6.07, 6.45) is 2.23. The van der Waals surface area contributed by atoms with Crippen molar-refractivity contribution in [2.75, 3.05) is 0 Å². The Morgan fingerprint density at radius 3 is 2.65 bits per heavy atom. The van der Waals surface area contributed by atoms with Gasteiger partial charge in [0.2, 0.25) is 5.79 Å². The van der Waals surface area contributed by atoms with Gasteiger partial charge in [-0.25, -0.2) is 4.79 Å². The summed E-state index contributed by atoms with van der Waals surface area (Å²) in [6.45, 7) is 3.94. The second kappa shape index (κ2) is 4.88. The van der Waals surface area contributed by atoms with Crippen LogP contribution in [0.4, 0.5) is 0 Å². The third-order valence-corrected chi connectivity index (χ3v) is 2.98. The summed E-state index contributed by atoms with van der Waals surface area (Å²) < 4.78 is 11.1. The van der Waals surface area contributed by atoms with Crippen LogP contribution in [-0.4, -0.2) is 11.8 Å². The Morgan fingerprint density at radius 2 is 2.00 bits per heavy atom. The van der Waals surface area contributed by atoms with Gasteiger partial charge in [0.05, 0.1) is 0 Å². The highest BCUT2D eigenvalue weighted by Crippen LogP contribution is 2.37. The van der Waals surface area contributed by atoms with Crippen LogP contribution in [0.3, 0.4) is 0 Å². The Kier molecular flexibility index (Phi) is 3.48. The molecule has 3 nitrogen and oxygen atoms in total. The van der Waals surface area contributed by atoms with Gasteiger partial charge in [0.1, 0.15) is 0 Å². The van der Waals surface area contributed by atoms with Crippen molar-refractivity contribution in [3.8, 4) is 0 Å². The third-order valence-electron chi connectivity index (χ3n) is 2.98. The fraction of sp³-hybridized carbons (Fsp3) is 0.500. The molecular formula is C14H18O3. The average Bonchev–Trinajstić information content (AvgIpc) is 2.64. The summed E-state index contributed by atoms with van der Waals surface area (Å²) in [5.41, 5.74) is 0.859. The van der Waals surface area contributed by atoms with E-state index in [4.69, 9.17) is 9.47 Å². The van der Waals surface area contributed by atoms with Crippen LogP contribution in [-0.2, 0) is 14.3 Å². The predicted octanol–water partition coefficient (Wildman–Crippen LogP) is 3.21. The summed E-state index contributed by atoms with van der Waals surface area (Å²) in [5.74, 6) is -1.04. The normalized spacial score (nSPS) is 28.1. The summed E-state index contributed by atoms with van der Waals surface area (Å²) in [4.78, 5) is 11.8. The summed E-state index contributed by atoms with van der Waals surface area (Å²) >= 11 is 0. The fourth-order valence-corrected chi connectivity index (χ4v) is 2.03. The number of hydrogen-bond acceptors (Lipinski definition) is 3.